The van der Waals surface area contributed by atoms with Crippen molar-refractivity contribution in [1.29, 1.82) is 0 Å². The molecule has 0 atom stereocenters. The monoisotopic (exact) mass is 214 g/mol. The Hall–Kier alpha value is -0.800. The van der Waals surface area contributed by atoms with Crippen LogP contribution in [0.2, 0.25) is 5.15 Å². The van der Waals surface area contributed by atoms with Crippen molar-refractivity contribution in [2.45, 2.75) is 20.0 Å². The van der Waals surface area contributed by atoms with E-state index in [1.54, 1.807) is 6.07 Å². The van der Waals surface area contributed by atoms with Gasteiger partial charge in [-0.25, -0.2) is 4.98 Å². The molecule has 1 N–H and O–H groups in total. The van der Waals surface area contributed by atoms with Crippen molar-refractivity contribution in [3.8, 4) is 0 Å². The zero-order valence-electron chi connectivity index (χ0n) is 8.46. The molecular formula is C10H15ClN2O. The van der Waals surface area contributed by atoms with Gasteiger partial charge in [0.2, 0.25) is 0 Å². The Bertz CT molecular complexity index is 279. The van der Waals surface area contributed by atoms with Gasteiger partial charge in [-0.3, -0.25) is 0 Å². The summed E-state index contributed by atoms with van der Waals surface area (Å²) in [4.78, 5) is 4.09. The number of hydrogen-bond donors (Lipinski definition) is 1. The van der Waals surface area contributed by atoms with Gasteiger partial charge in [0.1, 0.15) is 11.0 Å². The van der Waals surface area contributed by atoms with Crippen LogP contribution < -0.4 is 5.32 Å². The van der Waals surface area contributed by atoms with Crippen LogP contribution in [0.25, 0.3) is 0 Å². The molecule has 0 saturated heterocycles. The number of anilines is 1. The van der Waals surface area contributed by atoms with Crippen LogP contribution in [0, 0.1) is 0 Å². The summed E-state index contributed by atoms with van der Waals surface area (Å²) in [6.07, 6.45) is 0.268. The third-order valence-electron chi connectivity index (χ3n) is 1.57. The van der Waals surface area contributed by atoms with E-state index in [4.69, 9.17) is 16.3 Å². The lowest BCUT2D eigenvalue weighted by atomic mass is 10.4. The third kappa shape index (κ3) is 4.44. The first-order chi connectivity index (χ1) is 6.68. The highest BCUT2D eigenvalue weighted by atomic mass is 35.5. The van der Waals surface area contributed by atoms with E-state index in [9.17, 15) is 0 Å². The number of halogens is 1. The summed E-state index contributed by atoms with van der Waals surface area (Å²) < 4.78 is 5.37. The number of rotatable bonds is 5. The zero-order chi connectivity index (χ0) is 10.4. The number of aromatic nitrogens is 1. The molecule has 1 heterocycles. The third-order valence-corrected chi connectivity index (χ3v) is 1.78. The molecule has 0 radical (unpaired) electrons. The average molecular weight is 215 g/mol. The first kappa shape index (κ1) is 11.3. The Morgan fingerprint density at radius 3 is 2.93 bits per heavy atom. The molecule has 0 aliphatic heterocycles. The number of nitrogens with one attached hydrogen (secondary N) is 1. The molecule has 1 rings (SSSR count). The van der Waals surface area contributed by atoms with E-state index < -0.39 is 0 Å². The molecular weight excluding hydrogens is 200 g/mol. The minimum atomic E-state index is 0.268. The second-order valence-electron chi connectivity index (χ2n) is 3.19. The molecule has 3 nitrogen and oxygen atoms in total. The molecule has 0 spiro atoms. The van der Waals surface area contributed by atoms with Crippen molar-refractivity contribution in [2.24, 2.45) is 0 Å². The lowest BCUT2D eigenvalue weighted by Gasteiger charge is -2.08. The fraction of sp³-hybridized carbons (Fsp3) is 0.500. The average Bonchev–Trinajstić information content (AvgIpc) is 2.12. The first-order valence-corrected chi connectivity index (χ1v) is 5.04. The van der Waals surface area contributed by atoms with Crippen LogP contribution >= 0.6 is 11.6 Å². The van der Waals surface area contributed by atoms with E-state index in [1.807, 2.05) is 26.0 Å². The highest BCUT2D eigenvalue weighted by molar-refractivity contribution is 6.29. The Labute approximate surface area is 89.4 Å². The van der Waals surface area contributed by atoms with Crippen molar-refractivity contribution >= 4 is 17.4 Å². The van der Waals surface area contributed by atoms with E-state index in [2.05, 4.69) is 10.3 Å². The van der Waals surface area contributed by atoms with Gasteiger partial charge in [-0.1, -0.05) is 17.7 Å². The number of nitrogens with zero attached hydrogens (tertiary/aromatic N) is 1. The van der Waals surface area contributed by atoms with Gasteiger partial charge in [-0.15, -0.1) is 0 Å². The molecule has 1 aromatic heterocycles. The van der Waals surface area contributed by atoms with Crippen molar-refractivity contribution in [1.82, 2.24) is 4.98 Å². The highest BCUT2D eigenvalue weighted by Crippen LogP contribution is 2.08. The predicted molar refractivity (Wildman–Crippen MR) is 58.8 cm³/mol. The van der Waals surface area contributed by atoms with Gasteiger partial charge in [0, 0.05) is 6.54 Å². The van der Waals surface area contributed by atoms with Gasteiger partial charge in [0.05, 0.1) is 12.7 Å². The van der Waals surface area contributed by atoms with Crippen LogP contribution in [0.3, 0.4) is 0 Å². The van der Waals surface area contributed by atoms with Gasteiger partial charge < -0.3 is 10.1 Å². The van der Waals surface area contributed by atoms with Gasteiger partial charge in [-0.2, -0.15) is 0 Å². The summed E-state index contributed by atoms with van der Waals surface area (Å²) in [5, 5.41) is 3.62. The second kappa shape index (κ2) is 5.83. The lowest BCUT2D eigenvalue weighted by Crippen LogP contribution is -2.13. The van der Waals surface area contributed by atoms with Crippen LogP contribution in [-0.2, 0) is 4.74 Å². The summed E-state index contributed by atoms with van der Waals surface area (Å²) in [6.45, 7) is 5.44. The summed E-state index contributed by atoms with van der Waals surface area (Å²) in [5.41, 5.74) is 0. The first-order valence-electron chi connectivity index (χ1n) is 4.66. The summed E-state index contributed by atoms with van der Waals surface area (Å²) >= 11 is 5.73. The van der Waals surface area contributed by atoms with Gasteiger partial charge in [0.25, 0.3) is 0 Å². The molecule has 0 aliphatic carbocycles. The van der Waals surface area contributed by atoms with E-state index in [0.717, 1.165) is 12.4 Å². The number of pyridine rings is 1. The van der Waals surface area contributed by atoms with Gasteiger partial charge >= 0.3 is 0 Å². The van der Waals surface area contributed by atoms with E-state index in [-0.39, 0.29) is 6.10 Å². The minimum absolute atomic E-state index is 0.268. The zero-order valence-corrected chi connectivity index (χ0v) is 9.21. The smallest absolute Gasteiger partial charge is 0.131 e. The lowest BCUT2D eigenvalue weighted by molar-refractivity contribution is 0.0870. The summed E-state index contributed by atoms with van der Waals surface area (Å²) in [7, 11) is 0. The van der Waals surface area contributed by atoms with Crippen molar-refractivity contribution < 1.29 is 4.74 Å². The molecule has 1 aromatic rings. The highest BCUT2D eigenvalue weighted by Gasteiger charge is 1.95. The molecule has 0 aliphatic rings. The maximum absolute atomic E-state index is 5.73. The fourth-order valence-corrected chi connectivity index (χ4v) is 1.14. The number of hydrogen-bond acceptors (Lipinski definition) is 3. The Morgan fingerprint density at radius 2 is 2.29 bits per heavy atom. The molecule has 0 amide bonds. The Kier molecular flexibility index (Phi) is 4.70. The second-order valence-corrected chi connectivity index (χ2v) is 3.58. The quantitative estimate of drug-likeness (QED) is 0.604. The van der Waals surface area contributed by atoms with Crippen LogP contribution in [0.15, 0.2) is 18.2 Å². The summed E-state index contributed by atoms with van der Waals surface area (Å²) in [5.74, 6) is 0.782. The summed E-state index contributed by atoms with van der Waals surface area (Å²) in [6, 6.07) is 5.49. The van der Waals surface area contributed by atoms with E-state index in [1.165, 1.54) is 0 Å². The van der Waals surface area contributed by atoms with E-state index in [0.29, 0.717) is 11.8 Å². The van der Waals surface area contributed by atoms with Crippen molar-refractivity contribution in [3.05, 3.63) is 23.4 Å². The van der Waals surface area contributed by atoms with Gasteiger partial charge in [0.15, 0.2) is 0 Å². The van der Waals surface area contributed by atoms with E-state index >= 15 is 0 Å². The van der Waals surface area contributed by atoms with Crippen LogP contribution in [0.5, 0.6) is 0 Å². The van der Waals surface area contributed by atoms with Gasteiger partial charge in [-0.05, 0) is 26.0 Å². The normalized spacial score (nSPS) is 10.6. The largest absolute Gasteiger partial charge is 0.377 e. The topological polar surface area (TPSA) is 34.1 Å². The van der Waals surface area contributed by atoms with Crippen LogP contribution in [0.1, 0.15) is 13.8 Å². The predicted octanol–water partition coefficient (Wildman–Crippen LogP) is 2.57. The Morgan fingerprint density at radius 1 is 1.50 bits per heavy atom. The maximum Gasteiger partial charge on any atom is 0.131 e. The molecule has 14 heavy (non-hydrogen) atoms. The number of ether oxygens (including phenoxy) is 1. The molecule has 0 unspecified atom stereocenters. The van der Waals surface area contributed by atoms with Crippen LogP contribution in [-0.4, -0.2) is 24.2 Å². The standard InChI is InChI=1S/C10H15ClN2O/c1-8(2)14-7-6-12-10-5-3-4-9(11)13-10/h3-5,8H,6-7H2,1-2H3,(H,12,13). The fourth-order valence-electron chi connectivity index (χ4n) is 0.980. The molecule has 4 heteroatoms. The van der Waals surface area contributed by atoms with Crippen molar-refractivity contribution in [2.75, 3.05) is 18.5 Å². The molecule has 0 saturated carbocycles. The molecule has 0 aromatic carbocycles. The maximum atomic E-state index is 5.73. The SMILES string of the molecule is CC(C)OCCNc1cccc(Cl)n1. The Balaban J connectivity index is 2.25. The van der Waals surface area contributed by atoms with Crippen LogP contribution in [0.4, 0.5) is 5.82 Å². The molecule has 0 fully saturated rings. The molecule has 0 bridgehead atoms. The molecule has 78 valence electrons. The van der Waals surface area contributed by atoms with Crippen molar-refractivity contribution in [3.63, 3.8) is 0 Å². The minimum Gasteiger partial charge on any atom is -0.377 e.